The normalized spacial score (nSPS) is 43.9. The van der Waals surface area contributed by atoms with Crippen LogP contribution in [-0.2, 0) is 0 Å². The molecule has 0 aromatic heterocycles. The Morgan fingerprint density at radius 1 is 0.882 bits per heavy atom. The Morgan fingerprint density at radius 3 is 2.00 bits per heavy atom. The highest BCUT2D eigenvalue weighted by molar-refractivity contribution is 4.86. The lowest BCUT2D eigenvalue weighted by Gasteiger charge is -2.38. The minimum atomic E-state index is -2.47. The molecule has 0 saturated heterocycles. The molecule has 0 aliphatic heterocycles. The van der Waals surface area contributed by atoms with Gasteiger partial charge in [-0.1, -0.05) is 19.8 Å². The van der Waals surface area contributed by atoms with Crippen molar-refractivity contribution in [1.29, 1.82) is 0 Å². The second-order valence-electron chi connectivity index (χ2n) is 6.11. The second kappa shape index (κ2) is 5.62. The molecule has 3 heteroatoms. The third-order valence-electron chi connectivity index (χ3n) is 4.91. The monoisotopic (exact) mass is 248 g/mol. The minimum Gasteiger partial charge on any atom is -0.247 e. The van der Waals surface area contributed by atoms with E-state index in [4.69, 9.17) is 0 Å². The molecule has 2 aliphatic rings. The minimum absolute atomic E-state index is 0.368. The average molecular weight is 248 g/mol. The zero-order valence-corrected chi connectivity index (χ0v) is 10.5. The van der Waals surface area contributed by atoms with Crippen LogP contribution in [0.1, 0.15) is 51.9 Å². The van der Waals surface area contributed by atoms with Crippen molar-refractivity contribution in [2.45, 2.75) is 64.5 Å². The quantitative estimate of drug-likeness (QED) is 0.656. The number of hydrogen-bond donors (Lipinski definition) is 0. The first-order chi connectivity index (χ1) is 8.08. The molecule has 2 rings (SSSR count). The molecule has 0 heterocycles. The summed E-state index contributed by atoms with van der Waals surface area (Å²) in [5.74, 6) is 0.772. The topological polar surface area (TPSA) is 0 Å². The van der Waals surface area contributed by atoms with Gasteiger partial charge in [-0.25, -0.2) is 13.2 Å². The van der Waals surface area contributed by atoms with Crippen molar-refractivity contribution in [3.05, 3.63) is 0 Å². The Morgan fingerprint density at radius 2 is 1.47 bits per heavy atom. The molecule has 17 heavy (non-hydrogen) atoms. The molecular weight excluding hydrogens is 225 g/mol. The van der Waals surface area contributed by atoms with Crippen LogP contribution in [0.2, 0.25) is 0 Å². The van der Waals surface area contributed by atoms with Gasteiger partial charge in [0.15, 0.2) is 0 Å². The molecule has 2 saturated carbocycles. The van der Waals surface area contributed by atoms with Crippen molar-refractivity contribution >= 4 is 0 Å². The van der Waals surface area contributed by atoms with Gasteiger partial charge in [0, 0.05) is 0 Å². The Bertz CT molecular complexity index is 234. The van der Waals surface area contributed by atoms with Crippen LogP contribution in [-0.4, -0.2) is 12.6 Å². The van der Waals surface area contributed by atoms with Gasteiger partial charge in [0.05, 0.1) is 5.92 Å². The van der Waals surface area contributed by atoms with Crippen molar-refractivity contribution in [2.75, 3.05) is 0 Å². The van der Waals surface area contributed by atoms with Crippen LogP contribution in [0.5, 0.6) is 0 Å². The summed E-state index contributed by atoms with van der Waals surface area (Å²) in [7, 11) is 0. The molecule has 3 atom stereocenters. The Hall–Kier alpha value is -0.210. The standard InChI is InChI=1S/C14H23F3/c1-9-2-4-10(5-3-9)11-6-7-12(14(16)17)13(15)8-11/h9-14H,2-8H2,1H3. The van der Waals surface area contributed by atoms with Crippen LogP contribution in [0.25, 0.3) is 0 Å². The van der Waals surface area contributed by atoms with Gasteiger partial charge in [0.1, 0.15) is 6.17 Å². The molecule has 100 valence electrons. The van der Waals surface area contributed by atoms with E-state index in [2.05, 4.69) is 6.92 Å². The fourth-order valence-electron chi connectivity index (χ4n) is 3.64. The smallest absolute Gasteiger partial charge is 0.244 e. The maximum Gasteiger partial charge on any atom is 0.244 e. The molecule has 2 aliphatic carbocycles. The van der Waals surface area contributed by atoms with Gasteiger partial charge in [-0.05, 0) is 49.9 Å². The molecule has 0 bridgehead atoms. The zero-order chi connectivity index (χ0) is 12.4. The van der Waals surface area contributed by atoms with E-state index in [0.717, 1.165) is 12.3 Å². The summed E-state index contributed by atoms with van der Waals surface area (Å²) in [5, 5.41) is 0. The molecule has 0 N–H and O–H groups in total. The lowest BCUT2D eigenvalue weighted by molar-refractivity contribution is -0.0177. The van der Waals surface area contributed by atoms with E-state index in [9.17, 15) is 13.2 Å². The number of rotatable bonds is 2. The Kier molecular flexibility index (Phi) is 4.37. The maximum atomic E-state index is 13.7. The van der Waals surface area contributed by atoms with E-state index in [0.29, 0.717) is 24.7 Å². The lowest BCUT2D eigenvalue weighted by Crippen LogP contribution is -2.34. The molecule has 0 nitrogen and oxygen atoms in total. The first kappa shape index (κ1) is 13.2. The van der Waals surface area contributed by atoms with Gasteiger partial charge in [-0.2, -0.15) is 0 Å². The van der Waals surface area contributed by atoms with Gasteiger partial charge in [0.2, 0.25) is 6.43 Å². The third-order valence-corrected chi connectivity index (χ3v) is 4.91. The van der Waals surface area contributed by atoms with Crippen LogP contribution < -0.4 is 0 Å². The van der Waals surface area contributed by atoms with E-state index in [-0.39, 0.29) is 0 Å². The fraction of sp³-hybridized carbons (Fsp3) is 1.00. The summed E-state index contributed by atoms with van der Waals surface area (Å²) in [5.41, 5.74) is 0. The average Bonchev–Trinajstić information content (AvgIpc) is 2.29. The second-order valence-corrected chi connectivity index (χ2v) is 6.11. The first-order valence-corrected chi connectivity index (χ1v) is 7.00. The SMILES string of the molecule is CC1CCC(C2CCC(C(F)F)C(F)C2)CC1. The molecule has 2 fully saturated rings. The number of hydrogen-bond acceptors (Lipinski definition) is 0. The molecular formula is C14H23F3. The number of alkyl halides is 3. The third kappa shape index (κ3) is 3.17. The van der Waals surface area contributed by atoms with Crippen LogP contribution in [0.3, 0.4) is 0 Å². The molecule has 3 unspecified atom stereocenters. The molecule has 0 spiro atoms. The largest absolute Gasteiger partial charge is 0.247 e. The highest BCUT2D eigenvalue weighted by Gasteiger charge is 2.39. The van der Waals surface area contributed by atoms with Crippen LogP contribution in [0.4, 0.5) is 13.2 Å². The fourth-order valence-corrected chi connectivity index (χ4v) is 3.64. The van der Waals surface area contributed by atoms with Gasteiger partial charge in [-0.15, -0.1) is 0 Å². The Balaban J connectivity index is 1.84. The van der Waals surface area contributed by atoms with Crippen LogP contribution in [0, 0.1) is 23.7 Å². The van der Waals surface area contributed by atoms with Gasteiger partial charge in [0.25, 0.3) is 0 Å². The van der Waals surface area contributed by atoms with E-state index in [1.807, 2.05) is 0 Å². The first-order valence-electron chi connectivity index (χ1n) is 7.00. The van der Waals surface area contributed by atoms with Crippen molar-refractivity contribution in [3.63, 3.8) is 0 Å². The molecule has 0 amide bonds. The number of halogens is 3. The van der Waals surface area contributed by atoms with Crippen molar-refractivity contribution in [1.82, 2.24) is 0 Å². The predicted molar refractivity (Wildman–Crippen MR) is 62.9 cm³/mol. The summed E-state index contributed by atoms with van der Waals surface area (Å²) in [4.78, 5) is 0. The molecule has 0 aromatic carbocycles. The molecule has 0 aromatic rings. The summed E-state index contributed by atoms with van der Waals surface area (Å²) >= 11 is 0. The summed E-state index contributed by atoms with van der Waals surface area (Å²) in [6.07, 6.45) is 2.66. The maximum absolute atomic E-state index is 13.7. The van der Waals surface area contributed by atoms with E-state index < -0.39 is 18.5 Å². The van der Waals surface area contributed by atoms with Crippen molar-refractivity contribution in [2.24, 2.45) is 23.7 Å². The summed E-state index contributed by atoms with van der Waals surface area (Å²) in [6.45, 7) is 2.27. The zero-order valence-electron chi connectivity index (χ0n) is 10.5. The van der Waals surface area contributed by atoms with Gasteiger partial charge >= 0.3 is 0 Å². The highest BCUT2D eigenvalue weighted by atomic mass is 19.3. The van der Waals surface area contributed by atoms with Crippen molar-refractivity contribution in [3.8, 4) is 0 Å². The molecule has 0 radical (unpaired) electrons. The van der Waals surface area contributed by atoms with Crippen LogP contribution >= 0.6 is 0 Å². The summed E-state index contributed by atoms with van der Waals surface area (Å²) < 4.78 is 38.8. The highest BCUT2D eigenvalue weighted by Crippen LogP contribution is 2.43. The lowest BCUT2D eigenvalue weighted by atomic mass is 9.69. The van der Waals surface area contributed by atoms with Gasteiger partial charge < -0.3 is 0 Å². The van der Waals surface area contributed by atoms with E-state index in [1.54, 1.807) is 0 Å². The predicted octanol–water partition coefficient (Wildman–Crippen LogP) is 4.83. The van der Waals surface area contributed by atoms with Gasteiger partial charge in [-0.3, -0.25) is 0 Å². The summed E-state index contributed by atoms with van der Waals surface area (Å²) in [6, 6.07) is 0. The Labute approximate surface area is 102 Å². The van der Waals surface area contributed by atoms with E-state index in [1.165, 1.54) is 25.7 Å². The van der Waals surface area contributed by atoms with E-state index >= 15 is 0 Å². The van der Waals surface area contributed by atoms with Crippen LogP contribution in [0.15, 0.2) is 0 Å². The van der Waals surface area contributed by atoms with Crippen molar-refractivity contribution < 1.29 is 13.2 Å².